The minimum Gasteiger partial charge on any atom is -0.304 e. The number of H-pyrrole nitrogens is 1. The summed E-state index contributed by atoms with van der Waals surface area (Å²) in [6, 6.07) is 0.902. The van der Waals surface area contributed by atoms with Gasteiger partial charge in [-0.15, -0.1) is 0 Å². The first kappa shape index (κ1) is 10.4. The van der Waals surface area contributed by atoms with Crippen LogP contribution >= 0.6 is 0 Å². The van der Waals surface area contributed by atoms with Gasteiger partial charge in [-0.2, -0.15) is 5.10 Å². The van der Waals surface area contributed by atoms with E-state index in [-0.39, 0.29) is 0 Å². The van der Waals surface area contributed by atoms with Crippen molar-refractivity contribution in [2.75, 3.05) is 0 Å². The molecule has 0 aliphatic heterocycles. The van der Waals surface area contributed by atoms with Gasteiger partial charge in [-0.3, -0.25) is 5.10 Å². The van der Waals surface area contributed by atoms with Gasteiger partial charge in [0, 0.05) is 23.3 Å². The summed E-state index contributed by atoms with van der Waals surface area (Å²) < 4.78 is 0. The molecule has 2 N–H and O–H groups in total. The molecule has 82 valence electrons. The predicted octanol–water partition coefficient (Wildman–Crippen LogP) is 2.48. The number of nitrogens with one attached hydrogen (secondary N) is 2. The van der Waals surface area contributed by atoms with Crippen molar-refractivity contribution < 1.29 is 0 Å². The number of nitrogens with zero attached hydrogens (tertiary/aromatic N) is 1. The number of hydrogen-bond acceptors (Lipinski definition) is 2. The standard InChI is InChI=1S/C12H19N3/c1-9(12-8-13-15-10(12)2)14-11-6-4-3-5-7-11/h4,6,8-9,11,14H,3,5,7H2,1-2H3,(H,13,15). The van der Waals surface area contributed by atoms with Crippen LogP contribution in [0.1, 0.15) is 43.5 Å². The molecule has 1 aliphatic rings. The fraction of sp³-hybridized carbons (Fsp3) is 0.583. The van der Waals surface area contributed by atoms with Crippen LogP contribution in [-0.4, -0.2) is 16.2 Å². The van der Waals surface area contributed by atoms with E-state index >= 15 is 0 Å². The molecular weight excluding hydrogens is 186 g/mol. The van der Waals surface area contributed by atoms with E-state index < -0.39 is 0 Å². The van der Waals surface area contributed by atoms with E-state index in [2.05, 4.69) is 41.5 Å². The number of aromatic amines is 1. The Bertz CT molecular complexity index is 340. The van der Waals surface area contributed by atoms with Crippen molar-refractivity contribution >= 4 is 0 Å². The van der Waals surface area contributed by atoms with E-state index in [4.69, 9.17) is 0 Å². The number of rotatable bonds is 3. The van der Waals surface area contributed by atoms with Crippen LogP contribution in [0.4, 0.5) is 0 Å². The third-order valence-electron chi connectivity index (χ3n) is 3.05. The fourth-order valence-corrected chi connectivity index (χ4v) is 2.16. The van der Waals surface area contributed by atoms with E-state index in [1.165, 1.54) is 24.8 Å². The summed E-state index contributed by atoms with van der Waals surface area (Å²) in [4.78, 5) is 0. The van der Waals surface area contributed by atoms with Gasteiger partial charge in [0.2, 0.25) is 0 Å². The molecular formula is C12H19N3. The van der Waals surface area contributed by atoms with Crippen LogP contribution in [0.15, 0.2) is 18.3 Å². The first-order valence-electron chi connectivity index (χ1n) is 5.70. The Morgan fingerprint density at radius 2 is 2.47 bits per heavy atom. The molecule has 2 atom stereocenters. The lowest BCUT2D eigenvalue weighted by molar-refractivity contribution is 0.466. The molecule has 0 fully saturated rings. The van der Waals surface area contributed by atoms with Crippen LogP contribution in [0.2, 0.25) is 0 Å². The summed E-state index contributed by atoms with van der Waals surface area (Å²) in [5.41, 5.74) is 2.43. The predicted molar refractivity (Wildman–Crippen MR) is 61.7 cm³/mol. The van der Waals surface area contributed by atoms with Crippen molar-refractivity contribution in [2.45, 2.75) is 45.2 Å². The van der Waals surface area contributed by atoms with Crippen LogP contribution in [0, 0.1) is 6.92 Å². The highest BCUT2D eigenvalue weighted by Gasteiger charge is 2.14. The van der Waals surface area contributed by atoms with Crippen LogP contribution in [-0.2, 0) is 0 Å². The lowest BCUT2D eigenvalue weighted by Crippen LogP contribution is -2.31. The Labute approximate surface area is 91.0 Å². The monoisotopic (exact) mass is 205 g/mol. The Hall–Kier alpha value is -1.09. The fourth-order valence-electron chi connectivity index (χ4n) is 2.16. The zero-order valence-corrected chi connectivity index (χ0v) is 9.46. The van der Waals surface area contributed by atoms with Crippen LogP contribution in [0.5, 0.6) is 0 Å². The van der Waals surface area contributed by atoms with Gasteiger partial charge in [0.1, 0.15) is 0 Å². The second-order valence-corrected chi connectivity index (χ2v) is 4.30. The van der Waals surface area contributed by atoms with E-state index in [0.29, 0.717) is 12.1 Å². The maximum absolute atomic E-state index is 4.05. The highest BCUT2D eigenvalue weighted by atomic mass is 15.1. The lowest BCUT2D eigenvalue weighted by Gasteiger charge is -2.22. The van der Waals surface area contributed by atoms with Gasteiger partial charge in [0.05, 0.1) is 6.20 Å². The summed E-state index contributed by atoms with van der Waals surface area (Å²) in [6.07, 6.45) is 10.3. The number of aromatic nitrogens is 2. The Kier molecular flexibility index (Phi) is 3.21. The van der Waals surface area contributed by atoms with E-state index in [1.807, 2.05) is 6.20 Å². The van der Waals surface area contributed by atoms with Gasteiger partial charge in [-0.05, 0) is 33.1 Å². The molecule has 1 aromatic rings. The van der Waals surface area contributed by atoms with Crippen molar-refractivity contribution in [1.29, 1.82) is 0 Å². The van der Waals surface area contributed by atoms with E-state index in [9.17, 15) is 0 Å². The maximum atomic E-state index is 4.05. The highest BCUT2D eigenvalue weighted by Crippen LogP contribution is 2.18. The minimum absolute atomic E-state index is 0.372. The number of hydrogen-bond donors (Lipinski definition) is 2. The molecule has 1 aromatic heterocycles. The first-order chi connectivity index (χ1) is 7.27. The third kappa shape index (κ3) is 2.48. The lowest BCUT2D eigenvalue weighted by atomic mass is 10.0. The van der Waals surface area contributed by atoms with Gasteiger partial charge < -0.3 is 5.32 Å². The summed E-state index contributed by atoms with van der Waals surface area (Å²) in [5.74, 6) is 0. The van der Waals surface area contributed by atoms with Crippen LogP contribution < -0.4 is 5.32 Å². The van der Waals surface area contributed by atoms with Crippen molar-refractivity contribution in [3.8, 4) is 0 Å². The van der Waals surface area contributed by atoms with Gasteiger partial charge >= 0.3 is 0 Å². The smallest absolute Gasteiger partial charge is 0.0537 e. The van der Waals surface area contributed by atoms with Crippen molar-refractivity contribution in [1.82, 2.24) is 15.5 Å². The molecule has 0 radical (unpaired) electrons. The Balaban J connectivity index is 1.97. The van der Waals surface area contributed by atoms with Gasteiger partial charge in [-0.25, -0.2) is 0 Å². The molecule has 0 saturated carbocycles. The SMILES string of the molecule is Cc1[nH]ncc1C(C)NC1C=CCCC1. The topological polar surface area (TPSA) is 40.7 Å². The molecule has 3 nitrogen and oxygen atoms in total. The average Bonchev–Trinajstić information content (AvgIpc) is 2.66. The van der Waals surface area contributed by atoms with Crippen molar-refractivity contribution in [3.05, 3.63) is 29.6 Å². The average molecular weight is 205 g/mol. The summed E-state index contributed by atoms with van der Waals surface area (Å²) in [5, 5.41) is 10.6. The van der Waals surface area contributed by atoms with Crippen molar-refractivity contribution in [3.63, 3.8) is 0 Å². The van der Waals surface area contributed by atoms with Crippen LogP contribution in [0.3, 0.4) is 0 Å². The molecule has 15 heavy (non-hydrogen) atoms. The maximum Gasteiger partial charge on any atom is 0.0537 e. The summed E-state index contributed by atoms with van der Waals surface area (Å²) in [6.45, 7) is 4.26. The number of allylic oxidation sites excluding steroid dienone is 1. The Morgan fingerprint density at radius 3 is 3.07 bits per heavy atom. The third-order valence-corrected chi connectivity index (χ3v) is 3.05. The van der Waals surface area contributed by atoms with Crippen LogP contribution in [0.25, 0.3) is 0 Å². The second-order valence-electron chi connectivity index (χ2n) is 4.30. The Morgan fingerprint density at radius 1 is 1.60 bits per heavy atom. The molecule has 0 bridgehead atoms. The highest BCUT2D eigenvalue weighted by molar-refractivity contribution is 5.19. The largest absolute Gasteiger partial charge is 0.304 e. The molecule has 2 unspecified atom stereocenters. The van der Waals surface area contributed by atoms with E-state index in [0.717, 1.165) is 5.69 Å². The van der Waals surface area contributed by atoms with Crippen molar-refractivity contribution in [2.24, 2.45) is 0 Å². The van der Waals surface area contributed by atoms with Gasteiger partial charge in [0.25, 0.3) is 0 Å². The second kappa shape index (κ2) is 4.62. The molecule has 0 saturated heterocycles. The molecule has 1 aliphatic carbocycles. The normalized spacial score (nSPS) is 22.9. The van der Waals surface area contributed by atoms with E-state index in [1.54, 1.807) is 0 Å². The molecule has 0 aromatic carbocycles. The summed E-state index contributed by atoms with van der Waals surface area (Å²) >= 11 is 0. The van der Waals surface area contributed by atoms with Gasteiger partial charge in [-0.1, -0.05) is 12.2 Å². The molecule has 2 rings (SSSR count). The molecule has 0 amide bonds. The number of aryl methyl sites for hydroxylation is 1. The zero-order valence-electron chi connectivity index (χ0n) is 9.46. The first-order valence-corrected chi connectivity index (χ1v) is 5.70. The van der Waals surface area contributed by atoms with Gasteiger partial charge in [0.15, 0.2) is 0 Å². The minimum atomic E-state index is 0.372. The quantitative estimate of drug-likeness (QED) is 0.744. The zero-order chi connectivity index (χ0) is 10.7. The summed E-state index contributed by atoms with van der Waals surface area (Å²) in [7, 11) is 0. The molecule has 1 heterocycles. The molecule has 3 heteroatoms. The molecule has 0 spiro atoms.